The number of hydrogen-bond donors (Lipinski definition) is 2. The number of ether oxygens (including phenoxy) is 1. The molecule has 1 aliphatic rings. The Morgan fingerprint density at radius 2 is 1.92 bits per heavy atom. The van der Waals surface area contributed by atoms with Crippen LogP contribution in [0.25, 0.3) is 22.5 Å². The lowest BCUT2D eigenvalue weighted by Crippen LogP contribution is -2.23. The fraction of sp³-hybridized carbons (Fsp3) is 0.267. The van der Waals surface area contributed by atoms with Crippen LogP contribution < -0.4 is 15.8 Å². The molecule has 0 fully saturated rings. The van der Waals surface area contributed by atoms with Gasteiger partial charge in [-0.15, -0.1) is 0 Å². The first-order valence-corrected chi connectivity index (χ1v) is 12.4. The van der Waals surface area contributed by atoms with E-state index in [1.165, 1.54) is 11.1 Å². The molecular formula is C30H31N3O3. The summed E-state index contributed by atoms with van der Waals surface area (Å²) in [6, 6.07) is 20.5. The van der Waals surface area contributed by atoms with E-state index in [1.807, 2.05) is 37.3 Å². The Bertz CT molecular complexity index is 1410. The van der Waals surface area contributed by atoms with E-state index >= 15 is 0 Å². The van der Waals surface area contributed by atoms with Gasteiger partial charge in [0.25, 0.3) is 5.91 Å². The summed E-state index contributed by atoms with van der Waals surface area (Å²) in [6.07, 6.45) is 0.930. The Balaban J connectivity index is 1.59. The van der Waals surface area contributed by atoms with E-state index in [9.17, 15) is 4.79 Å². The first-order valence-electron chi connectivity index (χ1n) is 12.4. The number of carbonyl (C=O) groups is 1. The summed E-state index contributed by atoms with van der Waals surface area (Å²) >= 11 is 0. The molecule has 3 N–H and O–H groups in total. The van der Waals surface area contributed by atoms with Gasteiger partial charge < -0.3 is 20.3 Å². The van der Waals surface area contributed by atoms with Crippen LogP contribution in [0.4, 0.5) is 0 Å². The lowest BCUT2D eigenvalue weighted by atomic mass is 9.90. The molecule has 6 nitrogen and oxygen atoms in total. The molecular weight excluding hydrogens is 450 g/mol. The minimum absolute atomic E-state index is 0.147. The number of fused-ring (bicyclic) bond motifs is 1. The molecule has 4 aromatic rings. The van der Waals surface area contributed by atoms with Crippen LogP contribution in [0, 0.1) is 6.92 Å². The van der Waals surface area contributed by atoms with Gasteiger partial charge in [0.2, 0.25) is 0 Å². The van der Waals surface area contributed by atoms with E-state index in [0.29, 0.717) is 17.9 Å². The van der Waals surface area contributed by atoms with Gasteiger partial charge in [-0.1, -0.05) is 67.5 Å². The molecule has 0 bridgehead atoms. The van der Waals surface area contributed by atoms with E-state index in [0.717, 1.165) is 53.1 Å². The molecule has 0 saturated carbocycles. The number of nitrogens with two attached hydrogens (primary N) is 1. The van der Waals surface area contributed by atoms with Gasteiger partial charge in [0.15, 0.2) is 11.5 Å². The minimum Gasteiger partial charge on any atom is -0.489 e. The maximum Gasteiger partial charge on any atom is 0.271 e. The quantitative estimate of drug-likeness (QED) is 0.350. The molecule has 3 aromatic carbocycles. The number of benzene rings is 3. The highest BCUT2D eigenvalue weighted by molar-refractivity contribution is 6.01. The SMILES string of the molecule is Cc1cc(OCc2ccccc2)c(C(C)C)cc1-c1onc(C(N)=O)c1-c1ccc2c(c1)CCNC2. The predicted molar refractivity (Wildman–Crippen MR) is 141 cm³/mol. The van der Waals surface area contributed by atoms with Crippen molar-refractivity contribution in [3.8, 4) is 28.2 Å². The van der Waals surface area contributed by atoms with Crippen molar-refractivity contribution in [1.82, 2.24) is 10.5 Å². The van der Waals surface area contributed by atoms with Crippen LogP contribution in [0.2, 0.25) is 0 Å². The van der Waals surface area contributed by atoms with Crippen molar-refractivity contribution in [2.75, 3.05) is 6.54 Å². The van der Waals surface area contributed by atoms with Crippen molar-refractivity contribution < 1.29 is 14.1 Å². The van der Waals surface area contributed by atoms with E-state index in [2.05, 4.69) is 54.7 Å². The smallest absolute Gasteiger partial charge is 0.271 e. The zero-order valence-corrected chi connectivity index (χ0v) is 20.9. The number of nitrogens with zero attached hydrogens (tertiary/aromatic N) is 1. The highest BCUT2D eigenvalue weighted by atomic mass is 16.5. The second-order valence-corrected chi connectivity index (χ2v) is 9.64. The highest BCUT2D eigenvalue weighted by Crippen LogP contribution is 2.41. The number of rotatable bonds is 7. The average Bonchev–Trinajstić information content (AvgIpc) is 3.33. The Hall–Kier alpha value is -3.90. The van der Waals surface area contributed by atoms with E-state index < -0.39 is 5.91 Å². The topological polar surface area (TPSA) is 90.4 Å². The Labute approximate surface area is 211 Å². The second kappa shape index (κ2) is 9.99. The maximum atomic E-state index is 12.3. The molecule has 0 saturated heterocycles. The molecule has 0 atom stereocenters. The van der Waals surface area contributed by atoms with Gasteiger partial charge in [-0.2, -0.15) is 0 Å². The summed E-state index contributed by atoms with van der Waals surface area (Å²) in [5.74, 6) is 0.997. The molecule has 6 heteroatoms. The predicted octanol–water partition coefficient (Wildman–Crippen LogP) is 5.76. The monoisotopic (exact) mass is 481 g/mol. The van der Waals surface area contributed by atoms with Crippen molar-refractivity contribution in [3.63, 3.8) is 0 Å². The van der Waals surface area contributed by atoms with Crippen LogP contribution in [0.15, 0.2) is 65.2 Å². The molecule has 0 unspecified atom stereocenters. The van der Waals surface area contributed by atoms with Crippen molar-refractivity contribution in [2.45, 2.75) is 46.3 Å². The molecule has 1 amide bonds. The van der Waals surface area contributed by atoms with Gasteiger partial charge in [0, 0.05) is 12.1 Å². The number of nitrogens with one attached hydrogen (secondary N) is 1. The van der Waals surface area contributed by atoms with Gasteiger partial charge >= 0.3 is 0 Å². The Morgan fingerprint density at radius 1 is 1.11 bits per heavy atom. The van der Waals surface area contributed by atoms with Gasteiger partial charge in [-0.3, -0.25) is 4.79 Å². The second-order valence-electron chi connectivity index (χ2n) is 9.64. The fourth-order valence-electron chi connectivity index (χ4n) is 4.80. The zero-order valence-electron chi connectivity index (χ0n) is 20.9. The van der Waals surface area contributed by atoms with E-state index in [-0.39, 0.29) is 11.6 Å². The summed E-state index contributed by atoms with van der Waals surface area (Å²) in [5, 5.41) is 7.50. The normalized spacial score (nSPS) is 13.0. The molecule has 5 rings (SSSR count). The number of amides is 1. The van der Waals surface area contributed by atoms with Gasteiger partial charge in [-0.05, 0) is 71.3 Å². The third kappa shape index (κ3) is 4.64. The lowest BCUT2D eigenvalue weighted by Gasteiger charge is -2.19. The van der Waals surface area contributed by atoms with E-state index in [1.54, 1.807) is 0 Å². The first kappa shape index (κ1) is 23.8. The summed E-state index contributed by atoms with van der Waals surface area (Å²) in [7, 11) is 0. The van der Waals surface area contributed by atoms with Gasteiger partial charge in [0.1, 0.15) is 12.4 Å². The van der Waals surface area contributed by atoms with Crippen LogP contribution in [-0.4, -0.2) is 17.6 Å². The van der Waals surface area contributed by atoms with E-state index in [4.69, 9.17) is 15.0 Å². The highest BCUT2D eigenvalue weighted by Gasteiger charge is 2.26. The van der Waals surface area contributed by atoms with Crippen molar-refractivity contribution in [2.24, 2.45) is 5.73 Å². The standard InChI is InChI=1S/C30H31N3O3/c1-18(2)24-15-25(19(3)13-26(24)35-17-20-7-5-4-6-8-20)29-27(28(30(31)34)33-36-29)22-9-10-23-16-32-12-11-21(23)14-22/h4-10,13-15,18,32H,11-12,16-17H2,1-3H3,(H2,31,34). The number of primary amides is 1. The van der Waals surface area contributed by atoms with Gasteiger partial charge in [0.05, 0.1) is 5.56 Å². The molecule has 0 spiro atoms. The number of hydrogen-bond acceptors (Lipinski definition) is 5. The van der Waals surface area contributed by atoms with Crippen LogP contribution in [0.3, 0.4) is 0 Å². The lowest BCUT2D eigenvalue weighted by molar-refractivity contribution is 0.0992. The van der Waals surface area contributed by atoms with Gasteiger partial charge in [-0.25, -0.2) is 0 Å². The zero-order chi connectivity index (χ0) is 25.2. The summed E-state index contributed by atoms with van der Waals surface area (Å²) in [5.41, 5.74) is 13.9. The fourth-order valence-corrected chi connectivity index (χ4v) is 4.80. The number of carbonyl (C=O) groups excluding carboxylic acids is 1. The van der Waals surface area contributed by atoms with Crippen LogP contribution >= 0.6 is 0 Å². The third-order valence-electron chi connectivity index (χ3n) is 6.77. The minimum atomic E-state index is -0.607. The van der Waals surface area contributed by atoms with Crippen molar-refractivity contribution in [1.29, 1.82) is 0 Å². The molecule has 184 valence electrons. The largest absolute Gasteiger partial charge is 0.489 e. The number of aryl methyl sites for hydroxylation is 1. The molecule has 0 aliphatic carbocycles. The van der Waals surface area contributed by atoms with Crippen LogP contribution in [0.5, 0.6) is 5.75 Å². The summed E-state index contributed by atoms with van der Waals surface area (Å²) < 4.78 is 12.1. The summed E-state index contributed by atoms with van der Waals surface area (Å²) in [6.45, 7) is 8.55. The molecule has 2 heterocycles. The van der Waals surface area contributed by atoms with Crippen molar-refractivity contribution in [3.05, 3.63) is 94.2 Å². The molecule has 1 aromatic heterocycles. The Morgan fingerprint density at radius 3 is 2.67 bits per heavy atom. The molecule has 0 radical (unpaired) electrons. The number of aromatic nitrogens is 1. The molecule has 36 heavy (non-hydrogen) atoms. The first-order chi connectivity index (χ1) is 17.4. The molecule has 1 aliphatic heterocycles. The Kier molecular flexibility index (Phi) is 6.61. The van der Waals surface area contributed by atoms with Crippen LogP contribution in [-0.2, 0) is 19.6 Å². The van der Waals surface area contributed by atoms with Crippen molar-refractivity contribution >= 4 is 5.91 Å². The average molecular weight is 482 g/mol. The third-order valence-corrected chi connectivity index (χ3v) is 6.77. The summed E-state index contributed by atoms with van der Waals surface area (Å²) in [4.78, 5) is 12.3. The maximum absolute atomic E-state index is 12.3. The van der Waals surface area contributed by atoms with Crippen LogP contribution in [0.1, 0.15) is 58.1 Å².